The monoisotopic (exact) mass is 494 g/mol. The molecule has 0 saturated carbocycles. The zero-order chi connectivity index (χ0) is 23.5. The van der Waals surface area contributed by atoms with E-state index in [-0.39, 0.29) is 5.56 Å². The smallest absolute Gasteiger partial charge is 0.267 e. The Hall–Kier alpha value is -2.97. The van der Waals surface area contributed by atoms with Gasteiger partial charge in [0, 0.05) is 10.6 Å². The molecule has 2 aromatic carbocycles. The lowest BCUT2D eigenvalue weighted by molar-refractivity contribution is 0.342. The minimum Gasteiger partial charge on any atom is -0.497 e. The molecular weight excluding hydrogens is 468 g/mol. The van der Waals surface area contributed by atoms with Gasteiger partial charge in [0.25, 0.3) is 5.56 Å². The fourth-order valence-corrected chi connectivity index (χ4v) is 6.34. The normalized spacial score (nSPS) is 13.0. The third-order valence-electron chi connectivity index (χ3n) is 5.93. The van der Waals surface area contributed by atoms with Gasteiger partial charge in [-0.1, -0.05) is 11.8 Å². The Morgan fingerprint density at radius 3 is 2.29 bits per heavy atom. The molecule has 0 spiro atoms. The van der Waals surface area contributed by atoms with Gasteiger partial charge in [-0.25, -0.2) is 4.98 Å². The summed E-state index contributed by atoms with van der Waals surface area (Å²) in [6, 6.07) is 15.1. The van der Waals surface area contributed by atoms with Crippen LogP contribution in [0.25, 0.3) is 15.9 Å². The molecular formula is C26H26N2O4S2. The Labute approximate surface area is 206 Å². The first-order valence-electron chi connectivity index (χ1n) is 11.3. The Kier molecular flexibility index (Phi) is 6.78. The third-order valence-corrected chi connectivity index (χ3v) is 8.02. The molecule has 1 aliphatic carbocycles. The average Bonchev–Trinajstić information content (AvgIpc) is 3.26. The maximum absolute atomic E-state index is 13.8. The van der Waals surface area contributed by atoms with E-state index in [0.29, 0.717) is 17.5 Å². The molecule has 4 aromatic rings. The van der Waals surface area contributed by atoms with Crippen LogP contribution in [0.15, 0.2) is 58.5 Å². The first-order chi connectivity index (χ1) is 16.7. The summed E-state index contributed by atoms with van der Waals surface area (Å²) in [5.74, 6) is 2.98. The van der Waals surface area contributed by atoms with E-state index >= 15 is 0 Å². The van der Waals surface area contributed by atoms with E-state index in [2.05, 4.69) is 0 Å². The van der Waals surface area contributed by atoms with Gasteiger partial charge in [0.05, 0.1) is 31.9 Å². The molecule has 34 heavy (non-hydrogen) atoms. The predicted octanol–water partition coefficient (Wildman–Crippen LogP) is 5.51. The molecule has 0 N–H and O–H groups in total. The van der Waals surface area contributed by atoms with Crippen LogP contribution in [-0.2, 0) is 12.8 Å². The van der Waals surface area contributed by atoms with E-state index in [4.69, 9.17) is 19.2 Å². The lowest BCUT2D eigenvalue weighted by atomic mass is 9.97. The fourth-order valence-electron chi connectivity index (χ4n) is 4.21. The number of aromatic nitrogens is 2. The van der Waals surface area contributed by atoms with Crippen LogP contribution < -0.4 is 19.8 Å². The number of benzene rings is 2. The van der Waals surface area contributed by atoms with Gasteiger partial charge in [-0.2, -0.15) is 0 Å². The number of thiophene rings is 1. The SMILES string of the molecule is COc1ccc(OCCSc2nc3sc4c(c3c(=O)n2-c2ccc(OC)cc2)CCCC4)cc1. The predicted molar refractivity (Wildman–Crippen MR) is 138 cm³/mol. The number of nitrogens with zero attached hydrogens (tertiary/aromatic N) is 2. The largest absolute Gasteiger partial charge is 0.497 e. The fraction of sp³-hybridized carbons (Fsp3) is 0.308. The van der Waals surface area contributed by atoms with Crippen molar-refractivity contribution in [1.82, 2.24) is 9.55 Å². The molecule has 2 heterocycles. The molecule has 0 amide bonds. The summed E-state index contributed by atoms with van der Waals surface area (Å²) < 4.78 is 18.1. The molecule has 0 aliphatic heterocycles. The second kappa shape index (κ2) is 10.1. The summed E-state index contributed by atoms with van der Waals surface area (Å²) >= 11 is 3.21. The zero-order valence-corrected chi connectivity index (χ0v) is 20.8. The highest BCUT2D eigenvalue weighted by Gasteiger charge is 2.23. The molecule has 0 fully saturated rings. The lowest BCUT2D eigenvalue weighted by Crippen LogP contribution is -2.22. The van der Waals surface area contributed by atoms with Crippen molar-refractivity contribution >= 4 is 33.3 Å². The number of hydrogen-bond acceptors (Lipinski definition) is 7. The summed E-state index contributed by atoms with van der Waals surface area (Å²) in [6.45, 7) is 0.495. The maximum atomic E-state index is 13.8. The first-order valence-corrected chi connectivity index (χ1v) is 13.1. The van der Waals surface area contributed by atoms with Crippen molar-refractivity contribution in [3.63, 3.8) is 0 Å². The second-order valence-corrected chi connectivity index (χ2v) is 10.1. The molecule has 0 radical (unpaired) electrons. The van der Waals surface area contributed by atoms with Gasteiger partial charge in [0.15, 0.2) is 5.16 Å². The molecule has 0 unspecified atom stereocenters. The topological polar surface area (TPSA) is 62.6 Å². The molecule has 5 rings (SSSR count). The van der Waals surface area contributed by atoms with E-state index in [9.17, 15) is 4.79 Å². The van der Waals surface area contributed by atoms with Crippen LogP contribution in [0.4, 0.5) is 0 Å². The van der Waals surface area contributed by atoms with Crippen LogP contribution in [0.5, 0.6) is 17.2 Å². The van der Waals surface area contributed by atoms with Crippen molar-refractivity contribution < 1.29 is 14.2 Å². The number of hydrogen-bond donors (Lipinski definition) is 0. The van der Waals surface area contributed by atoms with E-state index in [0.717, 1.165) is 52.4 Å². The highest BCUT2D eigenvalue weighted by atomic mass is 32.2. The number of ether oxygens (including phenoxy) is 3. The summed E-state index contributed by atoms with van der Waals surface area (Å²) in [6.07, 6.45) is 4.30. The highest BCUT2D eigenvalue weighted by molar-refractivity contribution is 7.99. The van der Waals surface area contributed by atoms with Crippen molar-refractivity contribution in [3.05, 3.63) is 69.3 Å². The van der Waals surface area contributed by atoms with Crippen LogP contribution in [0.3, 0.4) is 0 Å². The zero-order valence-electron chi connectivity index (χ0n) is 19.2. The number of aryl methyl sites for hydroxylation is 2. The standard InChI is InChI=1S/C26H26N2O4S2/c1-30-18-9-7-17(8-10-18)28-25(29)23-21-5-3-4-6-22(21)34-24(23)27-26(28)33-16-15-32-20-13-11-19(31-2)12-14-20/h7-14H,3-6,15-16H2,1-2H3. The quantitative estimate of drug-likeness (QED) is 0.183. The molecule has 2 aromatic heterocycles. The van der Waals surface area contributed by atoms with Gasteiger partial charge < -0.3 is 14.2 Å². The van der Waals surface area contributed by atoms with E-state index in [1.54, 1.807) is 30.1 Å². The summed E-state index contributed by atoms with van der Waals surface area (Å²) in [5.41, 5.74) is 1.99. The number of thioether (sulfide) groups is 1. The molecule has 176 valence electrons. The van der Waals surface area contributed by atoms with Crippen molar-refractivity contribution in [3.8, 4) is 22.9 Å². The van der Waals surface area contributed by atoms with Gasteiger partial charge >= 0.3 is 0 Å². The Morgan fingerprint density at radius 1 is 0.941 bits per heavy atom. The van der Waals surface area contributed by atoms with Crippen LogP contribution in [0, 0.1) is 0 Å². The van der Waals surface area contributed by atoms with Crippen molar-refractivity contribution in [2.24, 2.45) is 0 Å². The highest BCUT2D eigenvalue weighted by Crippen LogP contribution is 2.35. The van der Waals surface area contributed by atoms with Crippen LogP contribution >= 0.6 is 23.1 Å². The van der Waals surface area contributed by atoms with Gasteiger partial charge in [-0.05, 0) is 79.8 Å². The van der Waals surface area contributed by atoms with Gasteiger partial charge in [-0.15, -0.1) is 11.3 Å². The molecule has 0 bridgehead atoms. The van der Waals surface area contributed by atoms with Crippen molar-refractivity contribution in [2.75, 3.05) is 26.6 Å². The molecule has 6 nitrogen and oxygen atoms in total. The molecule has 8 heteroatoms. The first kappa shape index (κ1) is 22.8. The van der Waals surface area contributed by atoms with Gasteiger partial charge in [0.2, 0.25) is 0 Å². The second-order valence-electron chi connectivity index (χ2n) is 8.00. The molecule has 0 atom stereocenters. The lowest BCUT2D eigenvalue weighted by Gasteiger charge is -2.14. The average molecular weight is 495 g/mol. The van der Waals surface area contributed by atoms with E-state index < -0.39 is 0 Å². The summed E-state index contributed by atoms with van der Waals surface area (Å²) in [4.78, 5) is 20.9. The number of methoxy groups -OCH3 is 2. The van der Waals surface area contributed by atoms with Gasteiger partial charge in [0.1, 0.15) is 22.1 Å². The Morgan fingerprint density at radius 2 is 1.59 bits per heavy atom. The Balaban J connectivity index is 1.45. The van der Waals surface area contributed by atoms with Crippen LogP contribution in [0.1, 0.15) is 23.3 Å². The van der Waals surface area contributed by atoms with E-state index in [1.807, 2.05) is 48.5 Å². The third kappa shape index (κ3) is 4.52. The van der Waals surface area contributed by atoms with Gasteiger partial charge in [-0.3, -0.25) is 9.36 Å². The Bertz CT molecular complexity index is 1340. The molecule has 1 aliphatic rings. The maximum Gasteiger partial charge on any atom is 0.267 e. The number of fused-ring (bicyclic) bond motifs is 3. The summed E-state index contributed by atoms with van der Waals surface area (Å²) in [5, 5.41) is 1.47. The van der Waals surface area contributed by atoms with E-state index in [1.165, 1.54) is 28.6 Å². The van der Waals surface area contributed by atoms with Crippen molar-refractivity contribution in [1.29, 1.82) is 0 Å². The van der Waals surface area contributed by atoms with Crippen molar-refractivity contribution in [2.45, 2.75) is 30.8 Å². The minimum absolute atomic E-state index is 0.00754. The minimum atomic E-state index is 0.00754. The van der Waals surface area contributed by atoms with Crippen LogP contribution in [0.2, 0.25) is 0 Å². The summed E-state index contributed by atoms with van der Waals surface area (Å²) in [7, 11) is 3.28. The van der Waals surface area contributed by atoms with Crippen LogP contribution in [-0.4, -0.2) is 36.1 Å². The number of rotatable bonds is 8. The molecule has 0 saturated heterocycles.